The van der Waals surface area contributed by atoms with Crippen LogP contribution in [-0.2, 0) is 27.9 Å². The third-order valence-electron chi connectivity index (χ3n) is 5.62. The maximum Gasteiger partial charge on any atom is 0.283 e. The predicted octanol–water partition coefficient (Wildman–Crippen LogP) is 3.77. The van der Waals surface area contributed by atoms with Gasteiger partial charge >= 0.3 is 0 Å². The van der Waals surface area contributed by atoms with E-state index in [1.165, 1.54) is 17.5 Å². The molecule has 1 aliphatic rings. The molecule has 9 heteroatoms. The first-order valence-electron chi connectivity index (χ1n) is 9.97. The lowest BCUT2D eigenvalue weighted by atomic mass is 9.95. The molecule has 5 rings (SSSR count). The van der Waals surface area contributed by atoms with Gasteiger partial charge in [0.2, 0.25) is 5.91 Å². The Morgan fingerprint density at radius 1 is 1.16 bits per heavy atom. The van der Waals surface area contributed by atoms with Crippen LogP contribution in [0.5, 0.6) is 0 Å². The average Bonchev–Trinajstić information content (AvgIpc) is 3.49. The van der Waals surface area contributed by atoms with Crippen LogP contribution >= 0.6 is 11.3 Å². The number of rotatable bonds is 5. The summed E-state index contributed by atoms with van der Waals surface area (Å²) in [5, 5.41) is 4.32. The maximum atomic E-state index is 13.1. The Bertz CT molecular complexity index is 1350. The molecule has 7 nitrogen and oxygen atoms in total. The summed E-state index contributed by atoms with van der Waals surface area (Å²) in [4.78, 5) is 19.2. The molecule has 0 aliphatic carbocycles. The zero-order chi connectivity index (χ0) is 21.6. The van der Waals surface area contributed by atoms with Gasteiger partial charge in [0, 0.05) is 18.3 Å². The third kappa shape index (κ3) is 3.43. The summed E-state index contributed by atoms with van der Waals surface area (Å²) in [6.45, 7) is 2.67. The number of carbonyl (C=O) groups excluding carboxylic acids is 1. The van der Waals surface area contributed by atoms with Gasteiger partial charge in [-0.15, -0.1) is 11.3 Å². The van der Waals surface area contributed by atoms with Crippen LogP contribution < -0.4 is 0 Å². The molecule has 158 valence electrons. The second kappa shape index (κ2) is 7.58. The number of thiazole rings is 1. The normalized spacial score (nSPS) is 14.7. The number of nitrogens with zero attached hydrogens (tertiary/aromatic N) is 4. The van der Waals surface area contributed by atoms with Gasteiger partial charge in [-0.2, -0.15) is 17.6 Å². The second-order valence-corrected chi connectivity index (χ2v) is 10.2. The smallest absolute Gasteiger partial charge is 0.283 e. The summed E-state index contributed by atoms with van der Waals surface area (Å²) in [7, 11) is -3.81. The SMILES string of the molecule is CCC(C(=O)N1Cc2cn(S(=O)(=O)c3ccc4ncsc4c3)nc2C1)c1ccccc1. The number of hydrogen-bond acceptors (Lipinski definition) is 6. The zero-order valence-electron chi connectivity index (χ0n) is 16.8. The van der Waals surface area contributed by atoms with Gasteiger partial charge in [-0.3, -0.25) is 4.79 Å². The Morgan fingerprint density at radius 2 is 1.97 bits per heavy atom. The molecular formula is C22H20N4O3S2. The van der Waals surface area contributed by atoms with Crippen molar-refractivity contribution < 1.29 is 13.2 Å². The lowest BCUT2D eigenvalue weighted by molar-refractivity contribution is -0.133. The molecule has 2 aromatic carbocycles. The molecule has 31 heavy (non-hydrogen) atoms. The van der Waals surface area contributed by atoms with Crippen molar-refractivity contribution in [2.24, 2.45) is 0 Å². The maximum absolute atomic E-state index is 13.1. The van der Waals surface area contributed by atoms with Gasteiger partial charge in [0.15, 0.2) is 0 Å². The van der Waals surface area contributed by atoms with Crippen molar-refractivity contribution in [2.75, 3.05) is 0 Å². The molecule has 0 radical (unpaired) electrons. The van der Waals surface area contributed by atoms with Crippen LogP contribution in [0.1, 0.15) is 36.1 Å². The summed E-state index contributed by atoms with van der Waals surface area (Å²) in [5.74, 6) is -0.177. The Labute approximate surface area is 184 Å². The highest BCUT2D eigenvalue weighted by atomic mass is 32.2. The lowest BCUT2D eigenvalue weighted by Gasteiger charge is -2.22. The van der Waals surface area contributed by atoms with Crippen LogP contribution in [-0.4, -0.2) is 33.4 Å². The van der Waals surface area contributed by atoms with Gasteiger partial charge in [0.1, 0.15) is 0 Å². The molecule has 0 fully saturated rings. The summed E-state index contributed by atoms with van der Waals surface area (Å²) in [6, 6.07) is 14.6. The molecule has 4 aromatic rings. The molecule has 0 N–H and O–H groups in total. The summed E-state index contributed by atoms with van der Waals surface area (Å²) in [5.41, 5.74) is 4.83. The molecular weight excluding hydrogens is 432 g/mol. The minimum Gasteiger partial charge on any atom is -0.332 e. The number of hydrogen-bond donors (Lipinski definition) is 0. The minimum absolute atomic E-state index is 0.0387. The number of fused-ring (bicyclic) bond motifs is 2. The van der Waals surface area contributed by atoms with Crippen molar-refractivity contribution >= 4 is 37.5 Å². The highest BCUT2D eigenvalue weighted by Crippen LogP contribution is 2.30. The van der Waals surface area contributed by atoms with Gasteiger partial charge in [0.05, 0.1) is 38.8 Å². The third-order valence-corrected chi connectivity index (χ3v) is 7.95. The van der Waals surface area contributed by atoms with Crippen molar-refractivity contribution in [1.29, 1.82) is 0 Å². The van der Waals surface area contributed by atoms with E-state index in [1.807, 2.05) is 37.3 Å². The van der Waals surface area contributed by atoms with Crippen LogP contribution in [0.15, 0.2) is 65.1 Å². The Balaban J connectivity index is 1.38. The first-order valence-corrected chi connectivity index (χ1v) is 12.3. The predicted molar refractivity (Wildman–Crippen MR) is 118 cm³/mol. The average molecular weight is 453 g/mol. The Hall–Kier alpha value is -3.04. The Kier molecular flexibility index (Phi) is 4.86. The first-order chi connectivity index (χ1) is 15.0. The molecule has 1 unspecified atom stereocenters. The monoisotopic (exact) mass is 452 g/mol. The van der Waals surface area contributed by atoms with E-state index in [0.29, 0.717) is 25.2 Å². The number of amides is 1. The van der Waals surface area contributed by atoms with Crippen molar-refractivity contribution in [1.82, 2.24) is 19.1 Å². The molecule has 0 bridgehead atoms. The fraction of sp³-hybridized carbons (Fsp3) is 0.227. The molecule has 1 aliphatic heterocycles. The molecule has 0 spiro atoms. The highest BCUT2D eigenvalue weighted by Gasteiger charge is 2.32. The van der Waals surface area contributed by atoms with Crippen molar-refractivity contribution in [3.8, 4) is 0 Å². The van der Waals surface area contributed by atoms with Gasteiger partial charge < -0.3 is 4.90 Å². The number of benzene rings is 2. The topological polar surface area (TPSA) is 85.2 Å². The molecule has 3 heterocycles. The van der Waals surface area contributed by atoms with E-state index in [-0.39, 0.29) is 16.7 Å². The molecule has 0 saturated heterocycles. The van der Waals surface area contributed by atoms with Gasteiger partial charge in [0.25, 0.3) is 10.0 Å². The lowest BCUT2D eigenvalue weighted by Crippen LogP contribution is -2.31. The summed E-state index contributed by atoms with van der Waals surface area (Å²) >= 11 is 1.39. The Morgan fingerprint density at radius 3 is 2.71 bits per heavy atom. The first kappa shape index (κ1) is 19.9. The van der Waals surface area contributed by atoms with Crippen LogP contribution in [0.2, 0.25) is 0 Å². The van der Waals surface area contributed by atoms with E-state index in [4.69, 9.17) is 0 Å². The van der Waals surface area contributed by atoms with E-state index in [9.17, 15) is 13.2 Å². The van der Waals surface area contributed by atoms with E-state index in [1.54, 1.807) is 28.6 Å². The van der Waals surface area contributed by atoms with Crippen molar-refractivity contribution in [2.45, 2.75) is 37.2 Å². The highest BCUT2D eigenvalue weighted by molar-refractivity contribution is 7.89. The zero-order valence-corrected chi connectivity index (χ0v) is 18.4. The van der Waals surface area contributed by atoms with E-state index in [2.05, 4.69) is 10.1 Å². The van der Waals surface area contributed by atoms with Crippen molar-refractivity contribution in [3.63, 3.8) is 0 Å². The van der Waals surface area contributed by atoms with Crippen LogP contribution in [0.4, 0.5) is 0 Å². The number of aromatic nitrogens is 3. The fourth-order valence-corrected chi connectivity index (χ4v) is 5.95. The quantitative estimate of drug-likeness (QED) is 0.460. The van der Waals surface area contributed by atoms with Gasteiger partial charge in [-0.05, 0) is 30.2 Å². The van der Waals surface area contributed by atoms with E-state index in [0.717, 1.165) is 25.4 Å². The van der Waals surface area contributed by atoms with Gasteiger partial charge in [-0.25, -0.2) is 4.98 Å². The molecule has 1 amide bonds. The van der Waals surface area contributed by atoms with E-state index >= 15 is 0 Å². The molecule has 2 aromatic heterocycles. The molecule has 1 atom stereocenters. The van der Waals surface area contributed by atoms with Gasteiger partial charge in [-0.1, -0.05) is 37.3 Å². The summed E-state index contributed by atoms with van der Waals surface area (Å²) < 4.78 is 28.0. The number of carbonyl (C=O) groups is 1. The van der Waals surface area contributed by atoms with Crippen LogP contribution in [0.25, 0.3) is 10.2 Å². The largest absolute Gasteiger partial charge is 0.332 e. The minimum atomic E-state index is -3.81. The standard InChI is InChI=1S/C22H20N4O3S2/c1-2-18(15-6-4-3-5-7-15)22(27)25-11-16-12-26(24-20(16)13-25)31(28,29)17-8-9-19-21(10-17)30-14-23-19/h3-10,12,14,18H,2,11,13H2,1H3. The van der Waals surface area contributed by atoms with Crippen LogP contribution in [0, 0.1) is 0 Å². The summed E-state index contributed by atoms with van der Waals surface area (Å²) in [6.07, 6.45) is 2.23. The molecule has 0 saturated carbocycles. The van der Waals surface area contributed by atoms with Crippen LogP contribution in [0.3, 0.4) is 0 Å². The second-order valence-electron chi connectivity index (χ2n) is 7.53. The van der Waals surface area contributed by atoms with Crippen molar-refractivity contribution in [3.05, 3.63) is 77.1 Å². The van der Waals surface area contributed by atoms with E-state index < -0.39 is 10.0 Å². The fourth-order valence-electron chi connectivity index (χ4n) is 3.97.